The monoisotopic (exact) mass is 650 g/mol. The first-order chi connectivity index (χ1) is 22.3. The van der Waals surface area contributed by atoms with Crippen molar-refractivity contribution in [2.24, 2.45) is 0 Å². The van der Waals surface area contributed by atoms with E-state index in [4.69, 9.17) is 4.74 Å². The van der Waals surface area contributed by atoms with Crippen LogP contribution in [-0.2, 0) is 22.1 Å². The molecule has 0 spiro atoms. The molecule has 12 heteroatoms. The highest BCUT2D eigenvalue weighted by Crippen LogP contribution is 2.32. The molecule has 4 rings (SSSR count). The SMILES string of the molecule is COC(=O)c1ccc(OC(=O)CCCc2ccc(NC(=O)c3ccccc3-c3ccc(C(F)(F)F)cc3)c(C(=O)N(C)C)c2)c(F)c1. The first kappa shape index (κ1) is 34.4. The maximum atomic E-state index is 14.3. The Morgan fingerprint density at radius 2 is 1.55 bits per heavy atom. The Hall–Kier alpha value is -5.52. The predicted octanol–water partition coefficient (Wildman–Crippen LogP) is 7.18. The smallest absolute Gasteiger partial charge is 0.416 e. The van der Waals surface area contributed by atoms with Crippen LogP contribution < -0.4 is 10.1 Å². The third-order valence-corrected chi connectivity index (χ3v) is 7.09. The first-order valence-electron chi connectivity index (χ1n) is 14.3. The summed E-state index contributed by atoms with van der Waals surface area (Å²) < 4.78 is 63.1. The van der Waals surface area contributed by atoms with E-state index in [0.717, 1.165) is 31.4 Å². The lowest BCUT2D eigenvalue weighted by Crippen LogP contribution is -2.24. The van der Waals surface area contributed by atoms with Gasteiger partial charge in [0.25, 0.3) is 11.8 Å². The Kier molecular flexibility index (Phi) is 10.8. The molecule has 0 atom stereocenters. The quantitative estimate of drug-likeness (QED) is 0.111. The van der Waals surface area contributed by atoms with Gasteiger partial charge in [-0.2, -0.15) is 13.2 Å². The molecule has 0 saturated heterocycles. The molecule has 0 saturated carbocycles. The number of carbonyl (C=O) groups excluding carboxylic acids is 4. The third-order valence-electron chi connectivity index (χ3n) is 7.09. The summed E-state index contributed by atoms with van der Waals surface area (Å²) in [5.41, 5.74) is 1.23. The van der Waals surface area contributed by atoms with E-state index in [0.29, 0.717) is 29.5 Å². The van der Waals surface area contributed by atoms with Crippen LogP contribution in [-0.4, -0.2) is 49.9 Å². The number of halogens is 4. The number of rotatable bonds is 10. The number of benzene rings is 4. The van der Waals surface area contributed by atoms with Crippen LogP contribution in [0.15, 0.2) is 84.9 Å². The number of carbonyl (C=O) groups is 4. The number of alkyl halides is 3. The number of nitrogens with one attached hydrogen (secondary N) is 1. The summed E-state index contributed by atoms with van der Waals surface area (Å²) in [5.74, 6) is -3.63. The van der Waals surface area contributed by atoms with Gasteiger partial charge in [-0.25, -0.2) is 9.18 Å². The van der Waals surface area contributed by atoms with Crippen molar-refractivity contribution in [3.8, 4) is 16.9 Å². The van der Waals surface area contributed by atoms with E-state index >= 15 is 0 Å². The summed E-state index contributed by atoms with van der Waals surface area (Å²) >= 11 is 0. The standard InChI is InChI=1S/C35H30F4N2O6/c1-41(2)33(44)27-19-21(7-6-10-31(42)47-30-18-14-23(20-28(30)36)34(45)46-3)11-17-29(27)40-32(43)26-9-5-4-8-25(26)22-12-15-24(16-13-22)35(37,38)39/h4-5,8-9,11-20H,6-7,10H2,1-3H3,(H,40,43). The van der Waals surface area contributed by atoms with E-state index in [-0.39, 0.29) is 34.5 Å². The van der Waals surface area contributed by atoms with Gasteiger partial charge in [0.2, 0.25) is 0 Å². The summed E-state index contributed by atoms with van der Waals surface area (Å²) in [7, 11) is 4.26. The third kappa shape index (κ3) is 8.60. The van der Waals surface area contributed by atoms with Gasteiger partial charge in [0.1, 0.15) is 0 Å². The van der Waals surface area contributed by atoms with Crippen LogP contribution in [0, 0.1) is 5.82 Å². The van der Waals surface area contributed by atoms with E-state index in [2.05, 4.69) is 10.1 Å². The van der Waals surface area contributed by atoms with Crippen LogP contribution in [0.3, 0.4) is 0 Å². The fraction of sp³-hybridized carbons (Fsp3) is 0.200. The second kappa shape index (κ2) is 14.7. The molecule has 0 aliphatic rings. The van der Waals surface area contributed by atoms with Crippen LogP contribution in [0.5, 0.6) is 5.75 Å². The molecule has 0 aliphatic carbocycles. The summed E-state index contributed by atoms with van der Waals surface area (Å²) in [4.78, 5) is 51.8. The predicted molar refractivity (Wildman–Crippen MR) is 166 cm³/mol. The first-order valence-corrected chi connectivity index (χ1v) is 14.3. The van der Waals surface area contributed by atoms with Crippen molar-refractivity contribution in [2.45, 2.75) is 25.4 Å². The largest absolute Gasteiger partial charge is 0.465 e. The van der Waals surface area contributed by atoms with Gasteiger partial charge in [0.05, 0.1) is 29.5 Å². The molecular formula is C35H30F4N2O6. The Morgan fingerprint density at radius 1 is 0.851 bits per heavy atom. The minimum Gasteiger partial charge on any atom is -0.465 e. The molecule has 8 nitrogen and oxygen atoms in total. The molecule has 0 radical (unpaired) electrons. The number of methoxy groups -OCH3 is 1. The molecule has 2 amide bonds. The van der Waals surface area contributed by atoms with Gasteiger partial charge in [-0.1, -0.05) is 36.4 Å². The number of nitrogens with zero attached hydrogens (tertiary/aromatic N) is 1. The average molecular weight is 651 g/mol. The molecule has 244 valence electrons. The molecule has 1 N–H and O–H groups in total. The van der Waals surface area contributed by atoms with E-state index in [1.165, 1.54) is 29.2 Å². The lowest BCUT2D eigenvalue weighted by Gasteiger charge is -2.17. The fourth-order valence-corrected chi connectivity index (χ4v) is 4.67. The van der Waals surface area contributed by atoms with Crippen LogP contribution in [0.4, 0.5) is 23.2 Å². The lowest BCUT2D eigenvalue weighted by molar-refractivity contribution is -0.137. The molecule has 0 heterocycles. The van der Waals surface area contributed by atoms with Crippen LogP contribution in [0.1, 0.15) is 55.0 Å². The summed E-state index contributed by atoms with van der Waals surface area (Å²) in [6.07, 6.45) is -3.94. The van der Waals surface area contributed by atoms with Gasteiger partial charge >= 0.3 is 18.1 Å². The molecule has 47 heavy (non-hydrogen) atoms. The number of ether oxygens (including phenoxy) is 2. The molecule has 4 aromatic carbocycles. The van der Waals surface area contributed by atoms with Gasteiger partial charge in [-0.15, -0.1) is 0 Å². The van der Waals surface area contributed by atoms with Crippen molar-refractivity contribution in [2.75, 3.05) is 26.5 Å². The van der Waals surface area contributed by atoms with Crippen molar-refractivity contribution in [1.29, 1.82) is 0 Å². The number of hydrogen-bond acceptors (Lipinski definition) is 6. The van der Waals surface area contributed by atoms with E-state index in [9.17, 15) is 36.7 Å². The van der Waals surface area contributed by atoms with Gasteiger partial charge < -0.3 is 19.7 Å². The van der Waals surface area contributed by atoms with Crippen molar-refractivity contribution < 1.29 is 46.2 Å². The summed E-state index contributed by atoms with van der Waals surface area (Å²) in [6, 6.07) is 19.1. The van der Waals surface area contributed by atoms with Crippen molar-refractivity contribution in [3.05, 3.63) is 119 Å². The zero-order valence-corrected chi connectivity index (χ0v) is 25.6. The highest BCUT2D eigenvalue weighted by molar-refractivity contribution is 6.11. The zero-order valence-electron chi connectivity index (χ0n) is 25.6. The van der Waals surface area contributed by atoms with Crippen LogP contribution in [0.25, 0.3) is 11.1 Å². The van der Waals surface area contributed by atoms with Crippen molar-refractivity contribution in [1.82, 2.24) is 4.90 Å². The topological polar surface area (TPSA) is 102 Å². The number of aryl methyl sites for hydroxylation is 1. The second-order valence-corrected chi connectivity index (χ2v) is 10.6. The van der Waals surface area contributed by atoms with Crippen molar-refractivity contribution in [3.63, 3.8) is 0 Å². The molecule has 0 fully saturated rings. The van der Waals surface area contributed by atoms with Gasteiger partial charge in [-0.3, -0.25) is 14.4 Å². The number of hydrogen-bond donors (Lipinski definition) is 1. The minimum absolute atomic E-state index is 0.0316. The van der Waals surface area contributed by atoms with Crippen molar-refractivity contribution >= 4 is 29.4 Å². The highest BCUT2D eigenvalue weighted by Gasteiger charge is 2.30. The van der Waals surface area contributed by atoms with E-state index in [1.54, 1.807) is 50.5 Å². The Labute approximate surface area is 267 Å². The maximum absolute atomic E-state index is 14.3. The van der Waals surface area contributed by atoms with Crippen LogP contribution >= 0.6 is 0 Å². The summed E-state index contributed by atoms with van der Waals surface area (Å²) in [6.45, 7) is 0. The van der Waals surface area contributed by atoms with Crippen LogP contribution in [0.2, 0.25) is 0 Å². The van der Waals surface area contributed by atoms with Gasteiger partial charge in [0, 0.05) is 26.1 Å². The van der Waals surface area contributed by atoms with E-state index in [1.807, 2.05) is 0 Å². The number of anilines is 1. The molecule has 4 aromatic rings. The number of amides is 2. The molecule has 0 aliphatic heterocycles. The fourth-order valence-electron chi connectivity index (χ4n) is 4.67. The Bertz CT molecular complexity index is 1800. The van der Waals surface area contributed by atoms with Gasteiger partial charge in [-0.05, 0) is 78.1 Å². The Morgan fingerprint density at radius 3 is 2.19 bits per heavy atom. The highest BCUT2D eigenvalue weighted by atomic mass is 19.4. The zero-order chi connectivity index (χ0) is 34.3. The summed E-state index contributed by atoms with van der Waals surface area (Å²) in [5, 5.41) is 2.75. The molecule has 0 unspecified atom stereocenters. The van der Waals surface area contributed by atoms with Gasteiger partial charge in [0.15, 0.2) is 11.6 Å². The normalized spacial score (nSPS) is 11.0. The average Bonchev–Trinajstić information content (AvgIpc) is 3.05. The molecular weight excluding hydrogens is 620 g/mol. The Balaban J connectivity index is 1.47. The maximum Gasteiger partial charge on any atom is 0.416 e. The number of esters is 2. The minimum atomic E-state index is -4.50. The molecule has 0 bridgehead atoms. The second-order valence-electron chi connectivity index (χ2n) is 10.6. The lowest BCUT2D eigenvalue weighted by atomic mass is 9.97. The molecule has 0 aromatic heterocycles. The van der Waals surface area contributed by atoms with E-state index < -0.39 is 41.3 Å².